The zero-order valence-corrected chi connectivity index (χ0v) is 25.7. The van der Waals surface area contributed by atoms with Gasteiger partial charge in [0.1, 0.15) is 54.2 Å². The molecule has 2 aliphatic rings. The monoisotopic (exact) mass is 704 g/mol. The van der Waals surface area contributed by atoms with Gasteiger partial charge in [-0.15, -0.1) is 6.42 Å². The maximum atomic E-state index is 12.4. The highest BCUT2D eigenvalue weighted by atomic mass is 31.3. The number of carbonyl (C=O) groups excluding carboxylic acids is 1. The molecule has 2 saturated heterocycles. The van der Waals surface area contributed by atoms with Crippen molar-refractivity contribution in [2.75, 3.05) is 18.9 Å². The molecule has 4 unspecified atom stereocenters. The fourth-order valence-corrected chi connectivity index (χ4v) is 7.11. The summed E-state index contributed by atoms with van der Waals surface area (Å²) in [6.45, 7) is -1.58. The molecule has 3 aromatic rings. The number of hydrogen-bond acceptors (Lipinski definition) is 17. The molecule has 10 atom stereocenters. The lowest BCUT2D eigenvalue weighted by Crippen LogP contribution is -2.34. The smallest absolute Gasteiger partial charge is 0.388 e. The summed E-state index contributed by atoms with van der Waals surface area (Å²) in [6, 6.07) is 0. The molecule has 5 rings (SSSR count). The van der Waals surface area contributed by atoms with Crippen LogP contribution in [0.2, 0.25) is 0 Å². The third kappa shape index (κ3) is 7.38. The van der Waals surface area contributed by atoms with Gasteiger partial charge in [-0.1, -0.05) is 0 Å². The number of aryl methyl sites for hydroxylation is 1. The number of carbonyl (C=O) groups is 1. The van der Waals surface area contributed by atoms with Gasteiger partial charge < -0.3 is 55.7 Å². The average Bonchev–Trinajstić information content (AvgIpc) is 3.76. The lowest BCUT2D eigenvalue weighted by molar-refractivity contribution is -0.0527. The van der Waals surface area contributed by atoms with Crippen molar-refractivity contribution in [1.29, 1.82) is 0 Å². The summed E-state index contributed by atoms with van der Waals surface area (Å²) in [7, 11) is -10.8. The SMILES string of the molecule is C#Cc1c(C(N)=O)ncn1[C@@H]1O[C@H](COP(=O)(O)OP(=O)(O)OC[C@H]2O[C@@H](CCn3cnc4c(N)ncnc43)C(O)[C@H]2O)C(O)[C@@H]1O. The molecule has 0 aliphatic carbocycles. The number of nitrogen functional groups attached to an aromatic ring is 1. The van der Waals surface area contributed by atoms with Crippen molar-refractivity contribution in [2.24, 2.45) is 5.73 Å². The van der Waals surface area contributed by atoms with Crippen molar-refractivity contribution < 1.29 is 67.0 Å². The third-order valence-corrected chi connectivity index (χ3v) is 9.93. The molecule has 256 valence electrons. The summed E-state index contributed by atoms with van der Waals surface area (Å²) in [5.74, 6) is 1.37. The summed E-state index contributed by atoms with van der Waals surface area (Å²) >= 11 is 0. The summed E-state index contributed by atoms with van der Waals surface area (Å²) in [4.78, 5) is 47.4. The Labute approximate surface area is 264 Å². The second kappa shape index (κ2) is 13.6. The largest absolute Gasteiger partial charge is 0.481 e. The zero-order valence-electron chi connectivity index (χ0n) is 23.9. The van der Waals surface area contributed by atoms with Crippen molar-refractivity contribution in [3.05, 3.63) is 30.4 Å². The molecule has 5 heterocycles. The van der Waals surface area contributed by atoms with Crippen LogP contribution in [-0.2, 0) is 38.5 Å². The van der Waals surface area contributed by atoms with Crippen LogP contribution < -0.4 is 11.5 Å². The Balaban J connectivity index is 1.12. The number of fused-ring (bicyclic) bond motifs is 1. The van der Waals surface area contributed by atoms with Crippen molar-refractivity contribution in [2.45, 2.75) is 61.9 Å². The van der Waals surface area contributed by atoms with Gasteiger partial charge in [0, 0.05) is 6.54 Å². The van der Waals surface area contributed by atoms with E-state index in [4.69, 9.17) is 31.9 Å². The number of ether oxygens (including phenoxy) is 2. The van der Waals surface area contributed by atoms with Gasteiger partial charge in [-0.2, -0.15) is 4.31 Å². The van der Waals surface area contributed by atoms with E-state index in [1.807, 2.05) is 0 Å². The first kappa shape index (κ1) is 34.9. The number of nitrogens with two attached hydrogens (primary N) is 2. The molecule has 22 nitrogen and oxygen atoms in total. The molecule has 24 heteroatoms. The van der Waals surface area contributed by atoms with Gasteiger partial charge in [0.25, 0.3) is 5.91 Å². The molecule has 1 amide bonds. The molecule has 0 saturated carbocycles. The Hall–Kier alpha value is -3.39. The van der Waals surface area contributed by atoms with Crippen LogP contribution in [-0.4, -0.2) is 121 Å². The lowest BCUT2D eigenvalue weighted by atomic mass is 10.1. The number of aliphatic hydroxyl groups excluding tert-OH is 4. The number of terminal acetylenes is 1. The van der Waals surface area contributed by atoms with Gasteiger partial charge in [-0.3, -0.25) is 18.4 Å². The summed E-state index contributed by atoms with van der Waals surface area (Å²) in [6.07, 6.45) is -2.40. The lowest BCUT2D eigenvalue weighted by Gasteiger charge is -2.20. The fourth-order valence-electron chi connectivity index (χ4n) is 5.02. The topological polar surface area (TPSA) is 332 Å². The Morgan fingerprint density at radius 2 is 1.55 bits per heavy atom. The van der Waals surface area contributed by atoms with Crippen LogP contribution in [0.1, 0.15) is 28.8 Å². The van der Waals surface area contributed by atoms with Crippen LogP contribution in [0.15, 0.2) is 19.0 Å². The first-order chi connectivity index (χ1) is 22.1. The highest BCUT2D eigenvalue weighted by Gasteiger charge is 2.47. The second-order valence-electron chi connectivity index (χ2n) is 10.4. The molecule has 2 aliphatic heterocycles. The number of anilines is 1. The number of nitrogens with zero attached hydrogens (tertiary/aromatic N) is 6. The molecule has 0 radical (unpaired) electrons. The van der Waals surface area contributed by atoms with Crippen LogP contribution in [0, 0.1) is 12.3 Å². The van der Waals surface area contributed by atoms with Crippen LogP contribution in [0.25, 0.3) is 11.2 Å². The highest BCUT2D eigenvalue weighted by Crippen LogP contribution is 2.60. The second-order valence-corrected chi connectivity index (χ2v) is 13.4. The van der Waals surface area contributed by atoms with Gasteiger partial charge in [0.15, 0.2) is 23.4 Å². The van der Waals surface area contributed by atoms with E-state index in [0.717, 1.165) is 10.9 Å². The molecule has 0 aromatic carbocycles. The average molecular weight is 704 g/mol. The quantitative estimate of drug-likeness (QED) is 0.0655. The van der Waals surface area contributed by atoms with E-state index in [0.29, 0.717) is 11.2 Å². The zero-order chi connectivity index (χ0) is 34.3. The van der Waals surface area contributed by atoms with Gasteiger partial charge in [-0.05, 0) is 12.3 Å². The molecule has 3 aromatic heterocycles. The van der Waals surface area contributed by atoms with E-state index in [1.54, 1.807) is 4.57 Å². The molecule has 0 bridgehead atoms. The highest BCUT2D eigenvalue weighted by molar-refractivity contribution is 7.61. The normalized spacial score (nSPS) is 30.2. The summed E-state index contributed by atoms with van der Waals surface area (Å²) in [5, 5.41) is 41.6. The minimum absolute atomic E-state index is 0.138. The number of aromatic nitrogens is 6. The van der Waals surface area contributed by atoms with Crippen LogP contribution >= 0.6 is 15.6 Å². The molecular formula is C23H30N8O14P2. The molecule has 0 spiro atoms. The van der Waals surface area contributed by atoms with Crippen molar-refractivity contribution in [3.8, 4) is 12.3 Å². The standard InChI is InChI=1S/C23H30N8O14P2/c1-2-10-14(21(25)36)29-9-31(10)23-19(35)18(34)13(44-23)6-42-47(39,40)45-46(37,38)41-5-12-17(33)16(32)11(43-12)3-4-30-8-28-15-20(24)26-7-27-22(15)30/h1,7-9,11-13,16-19,23,32-35H,3-6H2,(H2,25,36)(H,37,38)(H,39,40)(H2,24,26,27)/t11-,12+,13+,16?,17-,18?,19-,23+/m0/s1. The number of amides is 1. The van der Waals surface area contributed by atoms with Crippen molar-refractivity contribution in [3.63, 3.8) is 0 Å². The maximum absolute atomic E-state index is 12.4. The van der Waals surface area contributed by atoms with Crippen molar-refractivity contribution in [1.82, 2.24) is 29.1 Å². The number of aliphatic hydroxyl groups is 4. The van der Waals surface area contributed by atoms with E-state index in [2.05, 4.69) is 34.7 Å². The molecule has 10 N–H and O–H groups in total. The summed E-state index contributed by atoms with van der Waals surface area (Å²) < 4.78 is 52.3. The first-order valence-electron chi connectivity index (χ1n) is 13.6. The van der Waals surface area contributed by atoms with Gasteiger partial charge in [0.2, 0.25) is 0 Å². The predicted molar refractivity (Wildman–Crippen MR) is 152 cm³/mol. The van der Waals surface area contributed by atoms with E-state index < -0.39 is 83.7 Å². The molecule has 2 fully saturated rings. The number of phosphoric acid groups is 2. The number of hydrogen-bond donors (Lipinski definition) is 8. The Morgan fingerprint density at radius 1 is 0.936 bits per heavy atom. The molecular weight excluding hydrogens is 674 g/mol. The first-order valence-corrected chi connectivity index (χ1v) is 16.5. The number of imidazole rings is 2. The summed E-state index contributed by atoms with van der Waals surface area (Å²) in [5.41, 5.74) is 11.3. The number of primary amides is 1. The van der Waals surface area contributed by atoms with Gasteiger partial charge >= 0.3 is 15.6 Å². The van der Waals surface area contributed by atoms with E-state index >= 15 is 0 Å². The maximum Gasteiger partial charge on any atom is 0.481 e. The third-order valence-electron chi connectivity index (χ3n) is 7.33. The minimum Gasteiger partial charge on any atom is -0.388 e. The van der Waals surface area contributed by atoms with Crippen molar-refractivity contribution >= 4 is 38.5 Å². The number of rotatable bonds is 13. The Morgan fingerprint density at radius 3 is 2.19 bits per heavy atom. The van der Waals surface area contributed by atoms with Crippen LogP contribution in [0.3, 0.4) is 0 Å². The van der Waals surface area contributed by atoms with E-state index in [1.165, 1.54) is 12.7 Å². The number of phosphoric ester groups is 2. The van der Waals surface area contributed by atoms with E-state index in [-0.39, 0.29) is 30.2 Å². The van der Waals surface area contributed by atoms with E-state index in [9.17, 15) is 44.1 Å². The molecule has 47 heavy (non-hydrogen) atoms. The minimum atomic E-state index is -5.40. The van der Waals surface area contributed by atoms with Crippen LogP contribution in [0.4, 0.5) is 5.82 Å². The Kier molecular flexibility index (Phi) is 10.1. The Bertz CT molecular complexity index is 1760. The van der Waals surface area contributed by atoms with Gasteiger partial charge in [0.05, 0.1) is 32.0 Å². The van der Waals surface area contributed by atoms with Crippen LogP contribution in [0.5, 0.6) is 0 Å². The fraction of sp³-hybridized carbons (Fsp3) is 0.522. The van der Waals surface area contributed by atoms with Gasteiger partial charge in [-0.25, -0.2) is 29.1 Å². The predicted octanol–water partition coefficient (Wildman–Crippen LogP) is -2.87.